The third kappa shape index (κ3) is 1.56. The molecule has 1 fully saturated rings. The van der Waals surface area contributed by atoms with Crippen molar-refractivity contribution in [3.05, 3.63) is 52.1 Å². The monoisotopic (exact) mass is 243 g/mol. The molecule has 18 heavy (non-hydrogen) atoms. The highest BCUT2D eigenvalue weighted by molar-refractivity contribution is 5.60. The van der Waals surface area contributed by atoms with Crippen LogP contribution in [0.1, 0.15) is 17.9 Å². The summed E-state index contributed by atoms with van der Waals surface area (Å²) >= 11 is 0. The van der Waals surface area contributed by atoms with Gasteiger partial charge in [-0.3, -0.25) is 10.1 Å². The van der Waals surface area contributed by atoms with Crippen molar-refractivity contribution in [1.29, 1.82) is 0 Å². The van der Waals surface area contributed by atoms with Crippen LogP contribution in [0.5, 0.6) is 0 Å². The molecule has 0 aromatic heterocycles. The molecule has 4 atom stereocenters. The number of allylic oxidation sites excluding steroid dienone is 2. The van der Waals surface area contributed by atoms with Crippen LogP contribution in [0.25, 0.3) is 0 Å². The van der Waals surface area contributed by atoms with Crippen LogP contribution in [0, 0.1) is 27.9 Å². The largest absolute Gasteiger partial charge is 0.303 e. The van der Waals surface area contributed by atoms with Gasteiger partial charge in [0.2, 0.25) is 0 Å². The Bertz CT molecular complexity index is 520. The molecule has 2 aliphatic rings. The fraction of sp³-hybridized carbons (Fsp3) is 0.357. The number of nitrogens with zero attached hydrogens (tertiary/aromatic N) is 1. The van der Waals surface area contributed by atoms with E-state index in [4.69, 9.17) is 0 Å². The van der Waals surface area contributed by atoms with E-state index in [0.717, 1.165) is 18.3 Å². The minimum atomic E-state index is -0.401. The second kappa shape index (κ2) is 4.05. The molecule has 0 heterocycles. The molecule has 1 aromatic rings. The van der Waals surface area contributed by atoms with Gasteiger partial charge in [0, 0.05) is 24.0 Å². The second-order valence-electron chi connectivity index (χ2n) is 5.04. The summed E-state index contributed by atoms with van der Waals surface area (Å²) in [4.78, 5) is 21.4. The van der Waals surface area contributed by atoms with Crippen molar-refractivity contribution in [1.82, 2.24) is 0 Å². The van der Waals surface area contributed by atoms with Crippen LogP contribution >= 0.6 is 0 Å². The van der Waals surface area contributed by atoms with Gasteiger partial charge >= 0.3 is 0 Å². The summed E-state index contributed by atoms with van der Waals surface area (Å²) < 4.78 is 0. The van der Waals surface area contributed by atoms with Gasteiger partial charge in [-0.2, -0.15) is 0 Å². The first kappa shape index (κ1) is 11.1. The van der Waals surface area contributed by atoms with Crippen LogP contribution in [0.2, 0.25) is 0 Å². The van der Waals surface area contributed by atoms with Crippen molar-refractivity contribution in [2.24, 2.45) is 17.8 Å². The summed E-state index contributed by atoms with van der Waals surface area (Å²) in [6.07, 6.45) is 6.38. The molecular weight excluding hydrogens is 230 g/mol. The molecule has 92 valence electrons. The predicted octanol–water partition coefficient (Wildman–Crippen LogP) is 2.70. The summed E-state index contributed by atoms with van der Waals surface area (Å²) in [7, 11) is 0. The molecule has 3 rings (SSSR count). The molecule has 4 heteroatoms. The summed E-state index contributed by atoms with van der Waals surface area (Å²) in [6, 6.07) is 6.61. The van der Waals surface area contributed by atoms with Crippen LogP contribution < -0.4 is 0 Å². The highest BCUT2D eigenvalue weighted by Gasteiger charge is 2.44. The maximum atomic E-state index is 11.2. The number of benzene rings is 1. The molecule has 0 amide bonds. The van der Waals surface area contributed by atoms with E-state index in [9.17, 15) is 14.9 Å². The molecular formula is C14H13NO3. The van der Waals surface area contributed by atoms with Gasteiger partial charge in [-0.1, -0.05) is 24.3 Å². The molecule has 1 aromatic carbocycles. The SMILES string of the molecule is O=C[C@@H]1[C@@H](c2ccc([N+](=O)[O-])cc2)[C@@H]2C=C[C@H]1C2. The molecule has 0 unspecified atom stereocenters. The Morgan fingerprint density at radius 1 is 1.17 bits per heavy atom. The van der Waals surface area contributed by atoms with Gasteiger partial charge in [-0.05, 0) is 23.8 Å². The standard InChI is InChI=1S/C14H13NO3/c16-8-13-10-1-2-11(7-10)14(13)9-3-5-12(6-4-9)15(17)18/h1-6,8,10-11,13-14H,7H2/t10-,11+,13-,14-/m0/s1. The van der Waals surface area contributed by atoms with Gasteiger partial charge in [0.05, 0.1) is 4.92 Å². The van der Waals surface area contributed by atoms with Crippen molar-refractivity contribution in [2.45, 2.75) is 12.3 Å². The zero-order chi connectivity index (χ0) is 12.7. The quantitative estimate of drug-likeness (QED) is 0.355. The maximum Gasteiger partial charge on any atom is 0.269 e. The number of fused-ring (bicyclic) bond motifs is 2. The normalized spacial score (nSPS) is 32.7. The molecule has 0 N–H and O–H groups in total. The highest BCUT2D eigenvalue weighted by Crippen LogP contribution is 2.52. The Labute approximate surface area is 104 Å². The Kier molecular flexibility index (Phi) is 2.51. The Morgan fingerprint density at radius 3 is 2.44 bits per heavy atom. The van der Waals surface area contributed by atoms with Crippen LogP contribution in [-0.4, -0.2) is 11.2 Å². The third-order valence-corrected chi connectivity index (χ3v) is 4.17. The van der Waals surface area contributed by atoms with Crippen LogP contribution in [0.15, 0.2) is 36.4 Å². The maximum absolute atomic E-state index is 11.2. The van der Waals surface area contributed by atoms with Crippen molar-refractivity contribution in [3.8, 4) is 0 Å². The number of rotatable bonds is 3. The Hall–Kier alpha value is -1.97. The van der Waals surface area contributed by atoms with E-state index in [0.29, 0.717) is 11.8 Å². The third-order valence-electron chi connectivity index (χ3n) is 4.17. The highest BCUT2D eigenvalue weighted by atomic mass is 16.6. The zero-order valence-corrected chi connectivity index (χ0v) is 9.73. The molecule has 2 aliphatic carbocycles. The lowest BCUT2D eigenvalue weighted by Gasteiger charge is -2.24. The van der Waals surface area contributed by atoms with Crippen LogP contribution in [0.3, 0.4) is 0 Å². The second-order valence-corrected chi connectivity index (χ2v) is 5.04. The smallest absolute Gasteiger partial charge is 0.269 e. The molecule has 0 spiro atoms. The van der Waals surface area contributed by atoms with E-state index in [1.807, 2.05) is 0 Å². The lowest BCUT2D eigenvalue weighted by atomic mass is 9.79. The number of nitro groups is 1. The zero-order valence-electron chi connectivity index (χ0n) is 9.73. The van der Waals surface area contributed by atoms with Gasteiger partial charge in [0.1, 0.15) is 6.29 Å². The average molecular weight is 243 g/mol. The predicted molar refractivity (Wildman–Crippen MR) is 66.1 cm³/mol. The van der Waals surface area contributed by atoms with Crippen LogP contribution in [0.4, 0.5) is 5.69 Å². The lowest BCUT2D eigenvalue weighted by Crippen LogP contribution is -2.18. The van der Waals surface area contributed by atoms with Gasteiger partial charge in [0.15, 0.2) is 0 Å². The van der Waals surface area contributed by atoms with Crippen molar-refractivity contribution in [3.63, 3.8) is 0 Å². The number of non-ortho nitro benzene ring substituents is 1. The fourth-order valence-corrected chi connectivity index (χ4v) is 3.33. The lowest BCUT2D eigenvalue weighted by molar-refractivity contribution is -0.384. The molecule has 0 saturated heterocycles. The van der Waals surface area contributed by atoms with E-state index < -0.39 is 4.92 Å². The summed E-state index contributed by atoms with van der Waals surface area (Å²) in [6.45, 7) is 0. The van der Waals surface area contributed by atoms with Gasteiger partial charge < -0.3 is 4.79 Å². The molecule has 2 bridgehead atoms. The molecule has 0 radical (unpaired) electrons. The Balaban J connectivity index is 1.92. The summed E-state index contributed by atoms with van der Waals surface area (Å²) in [5, 5.41) is 10.6. The molecule has 1 saturated carbocycles. The first-order chi connectivity index (χ1) is 8.70. The van der Waals surface area contributed by atoms with Crippen LogP contribution in [-0.2, 0) is 4.79 Å². The Morgan fingerprint density at radius 2 is 1.83 bits per heavy atom. The topological polar surface area (TPSA) is 60.2 Å². The molecule has 0 aliphatic heterocycles. The number of carbonyl (C=O) groups excluding carboxylic acids is 1. The molecule has 4 nitrogen and oxygen atoms in total. The minimum Gasteiger partial charge on any atom is -0.303 e. The van der Waals surface area contributed by atoms with Gasteiger partial charge in [-0.15, -0.1) is 0 Å². The van der Waals surface area contributed by atoms with E-state index in [2.05, 4.69) is 12.2 Å². The van der Waals surface area contributed by atoms with E-state index in [-0.39, 0.29) is 17.5 Å². The fourth-order valence-electron chi connectivity index (χ4n) is 3.33. The van der Waals surface area contributed by atoms with Gasteiger partial charge in [0.25, 0.3) is 5.69 Å². The van der Waals surface area contributed by atoms with Crippen molar-refractivity contribution in [2.75, 3.05) is 0 Å². The number of aldehydes is 1. The van der Waals surface area contributed by atoms with Crippen molar-refractivity contribution >= 4 is 12.0 Å². The first-order valence-electron chi connectivity index (χ1n) is 6.08. The summed E-state index contributed by atoms with van der Waals surface area (Å²) in [5.74, 6) is 0.985. The number of carbonyl (C=O) groups is 1. The number of hydrogen-bond donors (Lipinski definition) is 0. The number of nitro benzene ring substituents is 1. The summed E-state index contributed by atoms with van der Waals surface area (Å²) in [5.41, 5.74) is 1.13. The van der Waals surface area contributed by atoms with E-state index in [1.165, 1.54) is 12.1 Å². The minimum absolute atomic E-state index is 0.0291. The van der Waals surface area contributed by atoms with Gasteiger partial charge in [-0.25, -0.2) is 0 Å². The average Bonchev–Trinajstić information content (AvgIpc) is 2.98. The van der Waals surface area contributed by atoms with E-state index in [1.54, 1.807) is 12.1 Å². The number of hydrogen-bond acceptors (Lipinski definition) is 3. The first-order valence-corrected chi connectivity index (χ1v) is 6.08. The van der Waals surface area contributed by atoms with Crippen molar-refractivity contribution < 1.29 is 9.72 Å². The van der Waals surface area contributed by atoms with E-state index >= 15 is 0 Å².